The highest BCUT2D eigenvalue weighted by Crippen LogP contribution is 2.32. The molecule has 25 heavy (non-hydrogen) atoms. The van der Waals surface area contributed by atoms with E-state index >= 15 is 0 Å². The van der Waals surface area contributed by atoms with Crippen molar-refractivity contribution in [3.63, 3.8) is 0 Å². The summed E-state index contributed by atoms with van der Waals surface area (Å²) in [6.07, 6.45) is 5.23. The standard InChI is InChI=1S/C19H22N4O2/c1-22-10-8-16-17(5-2-6-18(16)22)21-19(24)23-11-7-15(13-23)25-14-4-3-9-20-12-14/h2-6,9,12,15H,7-8,10-11,13H2,1H3,(H,21,24)/t15-/m0/s1. The summed E-state index contributed by atoms with van der Waals surface area (Å²) >= 11 is 0. The Morgan fingerprint density at radius 1 is 1.28 bits per heavy atom. The summed E-state index contributed by atoms with van der Waals surface area (Å²) in [5.41, 5.74) is 3.35. The maximum atomic E-state index is 12.6. The van der Waals surface area contributed by atoms with Crippen LogP contribution in [-0.2, 0) is 6.42 Å². The number of fused-ring (bicyclic) bond motifs is 1. The van der Waals surface area contributed by atoms with Crippen LogP contribution in [0.1, 0.15) is 12.0 Å². The molecular weight excluding hydrogens is 316 g/mol. The highest BCUT2D eigenvalue weighted by atomic mass is 16.5. The normalized spacial score (nSPS) is 19.0. The summed E-state index contributed by atoms with van der Waals surface area (Å²) in [5, 5.41) is 3.08. The number of amides is 2. The molecule has 1 atom stereocenters. The first-order valence-electron chi connectivity index (χ1n) is 8.66. The van der Waals surface area contributed by atoms with Gasteiger partial charge in [-0.25, -0.2) is 4.79 Å². The van der Waals surface area contributed by atoms with Crippen molar-refractivity contribution in [3.8, 4) is 5.75 Å². The van der Waals surface area contributed by atoms with Crippen LogP contribution in [0.2, 0.25) is 0 Å². The Labute approximate surface area is 147 Å². The fourth-order valence-electron chi connectivity index (χ4n) is 3.52. The first-order chi connectivity index (χ1) is 12.2. The van der Waals surface area contributed by atoms with Crippen molar-refractivity contribution in [2.45, 2.75) is 18.9 Å². The lowest BCUT2D eigenvalue weighted by atomic mass is 10.1. The summed E-state index contributed by atoms with van der Waals surface area (Å²) in [6, 6.07) is 9.76. The summed E-state index contributed by atoms with van der Waals surface area (Å²) in [4.78, 5) is 20.7. The Hall–Kier alpha value is -2.76. The quantitative estimate of drug-likeness (QED) is 0.935. The van der Waals surface area contributed by atoms with Crippen molar-refractivity contribution in [3.05, 3.63) is 48.3 Å². The first-order valence-corrected chi connectivity index (χ1v) is 8.66. The first kappa shape index (κ1) is 15.7. The van der Waals surface area contributed by atoms with Gasteiger partial charge in [0.05, 0.1) is 12.7 Å². The number of anilines is 2. The Morgan fingerprint density at radius 3 is 3.04 bits per heavy atom. The molecule has 1 N–H and O–H groups in total. The van der Waals surface area contributed by atoms with Crippen molar-refractivity contribution in [2.24, 2.45) is 0 Å². The molecular formula is C19H22N4O2. The molecule has 2 amide bonds. The summed E-state index contributed by atoms with van der Waals surface area (Å²) < 4.78 is 5.90. The molecule has 3 heterocycles. The van der Waals surface area contributed by atoms with E-state index in [1.165, 1.54) is 11.3 Å². The van der Waals surface area contributed by atoms with Gasteiger partial charge in [0.15, 0.2) is 0 Å². The molecule has 0 spiro atoms. The van der Waals surface area contributed by atoms with Crippen LogP contribution < -0.4 is 15.0 Å². The average molecular weight is 338 g/mol. The minimum atomic E-state index is -0.0553. The minimum absolute atomic E-state index is 0.0163. The van der Waals surface area contributed by atoms with Gasteiger partial charge in [-0.15, -0.1) is 0 Å². The molecule has 2 aliphatic heterocycles. The van der Waals surface area contributed by atoms with Crippen molar-refractivity contribution >= 4 is 17.4 Å². The molecule has 2 aromatic rings. The zero-order chi connectivity index (χ0) is 17.2. The fraction of sp³-hybridized carbons (Fsp3) is 0.368. The van der Waals surface area contributed by atoms with Gasteiger partial charge in [-0.05, 0) is 30.7 Å². The lowest BCUT2D eigenvalue weighted by Gasteiger charge is -2.19. The molecule has 130 valence electrons. The molecule has 6 heteroatoms. The zero-order valence-corrected chi connectivity index (χ0v) is 14.3. The van der Waals surface area contributed by atoms with Crippen LogP contribution in [0, 0.1) is 0 Å². The molecule has 0 aliphatic carbocycles. The molecule has 1 aromatic carbocycles. The van der Waals surface area contributed by atoms with E-state index in [-0.39, 0.29) is 12.1 Å². The Kier molecular flexibility index (Phi) is 4.17. The van der Waals surface area contributed by atoms with E-state index in [1.807, 2.05) is 29.2 Å². The van der Waals surface area contributed by atoms with Crippen LogP contribution in [0.3, 0.4) is 0 Å². The van der Waals surface area contributed by atoms with Gasteiger partial charge in [0.1, 0.15) is 11.9 Å². The number of hydrogen-bond donors (Lipinski definition) is 1. The number of carbonyl (C=O) groups excluding carboxylic acids is 1. The molecule has 6 nitrogen and oxygen atoms in total. The SMILES string of the molecule is CN1CCc2c(NC(=O)N3CC[C@H](Oc4cccnc4)C3)cccc21. The second kappa shape index (κ2) is 6.63. The molecule has 0 bridgehead atoms. The van der Waals surface area contributed by atoms with Crippen molar-refractivity contribution in [1.29, 1.82) is 0 Å². The lowest BCUT2D eigenvalue weighted by Crippen LogP contribution is -2.34. The molecule has 1 aromatic heterocycles. The van der Waals surface area contributed by atoms with Crippen LogP contribution in [-0.4, -0.2) is 48.7 Å². The summed E-state index contributed by atoms with van der Waals surface area (Å²) in [7, 11) is 2.08. The van der Waals surface area contributed by atoms with Gasteiger partial charge in [0, 0.05) is 49.7 Å². The second-order valence-electron chi connectivity index (χ2n) is 6.57. The summed E-state index contributed by atoms with van der Waals surface area (Å²) in [6.45, 7) is 2.29. The number of carbonyl (C=O) groups is 1. The second-order valence-corrected chi connectivity index (χ2v) is 6.57. The molecule has 1 saturated heterocycles. The molecule has 0 saturated carbocycles. The van der Waals surface area contributed by atoms with Gasteiger partial charge in [-0.2, -0.15) is 0 Å². The van der Waals surface area contributed by atoms with Crippen LogP contribution in [0.15, 0.2) is 42.7 Å². The van der Waals surface area contributed by atoms with Crippen molar-refractivity contribution in [1.82, 2.24) is 9.88 Å². The number of hydrogen-bond acceptors (Lipinski definition) is 4. The third kappa shape index (κ3) is 3.24. The number of aromatic nitrogens is 1. The Bertz CT molecular complexity index is 765. The van der Waals surface area contributed by atoms with Crippen molar-refractivity contribution < 1.29 is 9.53 Å². The predicted molar refractivity (Wildman–Crippen MR) is 97.3 cm³/mol. The van der Waals surface area contributed by atoms with Crippen LogP contribution in [0.25, 0.3) is 0 Å². The number of rotatable bonds is 3. The van der Waals surface area contributed by atoms with Gasteiger partial charge in [0.2, 0.25) is 0 Å². The number of likely N-dealkylation sites (tertiary alicyclic amines) is 1. The van der Waals surface area contributed by atoms with Gasteiger partial charge < -0.3 is 19.9 Å². The predicted octanol–water partition coefficient (Wildman–Crippen LogP) is 2.76. The topological polar surface area (TPSA) is 57.7 Å². The number of pyridine rings is 1. The monoisotopic (exact) mass is 338 g/mol. The molecule has 4 rings (SSSR count). The third-order valence-electron chi connectivity index (χ3n) is 4.87. The molecule has 0 unspecified atom stereocenters. The van der Waals surface area contributed by atoms with Crippen LogP contribution >= 0.6 is 0 Å². The Morgan fingerprint density at radius 2 is 2.20 bits per heavy atom. The molecule has 1 fully saturated rings. The number of urea groups is 1. The number of nitrogens with one attached hydrogen (secondary N) is 1. The maximum Gasteiger partial charge on any atom is 0.321 e. The minimum Gasteiger partial charge on any atom is -0.487 e. The Balaban J connectivity index is 1.38. The number of ether oxygens (including phenoxy) is 1. The van der Waals surface area contributed by atoms with Gasteiger partial charge in [-0.1, -0.05) is 6.07 Å². The van der Waals surface area contributed by atoms with E-state index in [0.29, 0.717) is 13.1 Å². The number of benzene rings is 1. The average Bonchev–Trinajstić information content (AvgIpc) is 3.24. The smallest absolute Gasteiger partial charge is 0.321 e. The highest BCUT2D eigenvalue weighted by Gasteiger charge is 2.28. The van der Waals surface area contributed by atoms with E-state index < -0.39 is 0 Å². The number of likely N-dealkylation sites (N-methyl/N-ethyl adjacent to an activating group) is 1. The van der Waals surface area contributed by atoms with E-state index in [4.69, 9.17) is 4.74 Å². The fourth-order valence-corrected chi connectivity index (χ4v) is 3.52. The van der Waals surface area contributed by atoms with E-state index in [0.717, 1.165) is 30.8 Å². The molecule has 2 aliphatic rings. The molecule has 0 radical (unpaired) electrons. The van der Waals surface area contributed by atoms with Crippen LogP contribution in [0.4, 0.5) is 16.2 Å². The van der Waals surface area contributed by atoms with E-state index in [1.54, 1.807) is 12.4 Å². The summed E-state index contributed by atoms with van der Waals surface area (Å²) in [5.74, 6) is 0.749. The zero-order valence-electron chi connectivity index (χ0n) is 14.3. The lowest BCUT2D eigenvalue weighted by molar-refractivity contribution is 0.194. The van der Waals surface area contributed by atoms with Gasteiger partial charge in [0.25, 0.3) is 0 Å². The highest BCUT2D eigenvalue weighted by molar-refractivity contribution is 5.92. The third-order valence-corrected chi connectivity index (χ3v) is 4.87. The van der Waals surface area contributed by atoms with Gasteiger partial charge in [-0.3, -0.25) is 4.98 Å². The maximum absolute atomic E-state index is 12.6. The van der Waals surface area contributed by atoms with Gasteiger partial charge >= 0.3 is 6.03 Å². The van der Waals surface area contributed by atoms with Crippen molar-refractivity contribution in [2.75, 3.05) is 36.9 Å². The largest absolute Gasteiger partial charge is 0.487 e. The van der Waals surface area contributed by atoms with Crippen LogP contribution in [0.5, 0.6) is 5.75 Å². The van der Waals surface area contributed by atoms with E-state index in [2.05, 4.69) is 28.3 Å². The van der Waals surface area contributed by atoms with E-state index in [9.17, 15) is 4.79 Å². The number of nitrogens with zero attached hydrogens (tertiary/aromatic N) is 3.